The van der Waals surface area contributed by atoms with Crippen LogP contribution in [-0.4, -0.2) is 44.7 Å². The highest BCUT2D eigenvalue weighted by atomic mass is 16.5. The normalized spacial score (nSPS) is 10.7. The van der Waals surface area contributed by atoms with Gasteiger partial charge < -0.3 is 23.5 Å². The van der Waals surface area contributed by atoms with Crippen LogP contribution >= 0.6 is 0 Å². The third kappa shape index (κ3) is 4.92. The Bertz CT molecular complexity index is 1030. The van der Waals surface area contributed by atoms with E-state index in [9.17, 15) is 9.59 Å². The minimum atomic E-state index is -0.495. The van der Waals surface area contributed by atoms with Crippen molar-refractivity contribution >= 4 is 22.8 Å². The van der Waals surface area contributed by atoms with Crippen LogP contribution in [0.1, 0.15) is 16.7 Å². The molecule has 158 valence electrons. The maximum absolute atomic E-state index is 13.1. The SMILES string of the molecule is COC(=O)CN(Cc1cc(OC)cc(OC)c1)C(=O)Cc1coc2cc(C)ccc12. The van der Waals surface area contributed by atoms with Crippen molar-refractivity contribution in [1.29, 1.82) is 0 Å². The van der Waals surface area contributed by atoms with Gasteiger partial charge in [-0.25, -0.2) is 0 Å². The van der Waals surface area contributed by atoms with E-state index < -0.39 is 5.97 Å². The lowest BCUT2D eigenvalue weighted by molar-refractivity contribution is -0.147. The van der Waals surface area contributed by atoms with Crippen LogP contribution in [0.25, 0.3) is 11.0 Å². The molecule has 1 amide bonds. The maximum Gasteiger partial charge on any atom is 0.325 e. The van der Waals surface area contributed by atoms with Gasteiger partial charge in [0.25, 0.3) is 0 Å². The summed E-state index contributed by atoms with van der Waals surface area (Å²) >= 11 is 0. The molecule has 1 heterocycles. The number of carbonyl (C=O) groups is 2. The predicted molar refractivity (Wildman–Crippen MR) is 112 cm³/mol. The van der Waals surface area contributed by atoms with Crippen molar-refractivity contribution in [3.05, 3.63) is 59.4 Å². The molecule has 3 aromatic rings. The number of hydrogen-bond donors (Lipinski definition) is 0. The number of fused-ring (bicyclic) bond motifs is 1. The van der Waals surface area contributed by atoms with E-state index in [2.05, 4.69) is 0 Å². The van der Waals surface area contributed by atoms with E-state index in [-0.39, 0.29) is 25.4 Å². The number of methoxy groups -OCH3 is 3. The van der Waals surface area contributed by atoms with E-state index in [1.54, 1.807) is 38.7 Å². The summed E-state index contributed by atoms with van der Waals surface area (Å²) in [4.78, 5) is 26.5. The van der Waals surface area contributed by atoms with E-state index in [0.717, 1.165) is 27.7 Å². The molecule has 0 unspecified atom stereocenters. The van der Waals surface area contributed by atoms with Gasteiger partial charge in [-0.05, 0) is 36.2 Å². The van der Waals surface area contributed by atoms with Crippen LogP contribution < -0.4 is 9.47 Å². The number of nitrogens with zero attached hydrogens (tertiary/aromatic N) is 1. The first-order valence-corrected chi connectivity index (χ1v) is 9.46. The molecular weight excluding hydrogens is 386 g/mol. The number of ether oxygens (including phenoxy) is 3. The molecule has 0 aliphatic heterocycles. The Kier molecular flexibility index (Phi) is 6.61. The summed E-state index contributed by atoms with van der Waals surface area (Å²) in [7, 11) is 4.41. The minimum absolute atomic E-state index is 0.105. The second-order valence-corrected chi connectivity index (χ2v) is 6.98. The maximum atomic E-state index is 13.1. The Balaban J connectivity index is 1.85. The number of benzene rings is 2. The number of aryl methyl sites for hydroxylation is 1. The van der Waals surface area contributed by atoms with Gasteiger partial charge in [0.1, 0.15) is 23.6 Å². The van der Waals surface area contributed by atoms with E-state index in [1.807, 2.05) is 25.1 Å². The highest BCUT2D eigenvalue weighted by Gasteiger charge is 2.21. The fourth-order valence-corrected chi connectivity index (χ4v) is 3.23. The van der Waals surface area contributed by atoms with Crippen molar-refractivity contribution in [2.75, 3.05) is 27.9 Å². The second kappa shape index (κ2) is 9.35. The zero-order chi connectivity index (χ0) is 21.7. The summed E-state index contributed by atoms with van der Waals surface area (Å²) in [5.41, 5.74) is 3.35. The zero-order valence-corrected chi connectivity index (χ0v) is 17.6. The number of carbonyl (C=O) groups excluding carboxylic acids is 2. The average molecular weight is 411 g/mol. The van der Waals surface area contributed by atoms with Crippen molar-refractivity contribution in [2.24, 2.45) is 0 Å². The van der Waals surface area contributed by atoms with E-state index in [0.29, 0.717) is 11.5 Å². The molecule has 3 rings (SSSR count). The van der Waals surface area contributed by atoms with E-state index >= 15 is 0 Å². The smallest absolute Gasteiger partial charge is 0.325 e. The van der Waals surface area contributed by atoms with Crippen molar-refractivity contribution < 1.29 is 28.2 Å². The van der Waals surface area contributed by atoms with Gasteiger partial charge in [-0.15, -0.1) is 0 Å². The van der Waals surface area contributed by atoms with Gasteiger partial charge in [-0.2, -0.15) is 0 Å². The zero-order valence-electron chi connectivity index (χ0n) is 17.6. The second-order valence-electron chi connectivity index (χ2n) is 6.98. The first-order valence-electron chi connectivity index (χ1n) is 9.46. The van der Waals surface area contributed by atoms with Gasteiger partial charge in [-0.3, -0.25) is 9.59 Å². The van der Waals surface area contributed by atoms with Crippen LogP contribution in [-0.2, 0) is 27.3 Å². The molecule has 0 saturated carbocycles. The lowest BCUT2D eigenvalue weighted by Gasteiger charge is -2.22. The van der Waals surface area contributed by atoms with Gasteiger partial charge in [0.15, 0.2) is 0 Å². The monoisotopic (exact) mass is 411 g/mol. The molecule has 0 aliphatic rings. The van der Waals surface area contributed by atoms with Gasteiger partial charge in [0, 0.05) is 23.6 Å². The average Bonchev–Trinajstić information content (AvgIpc) is 3.14. The third-order valence-electron chi connectivity index (χ3n) is 4.84. The molecule has 0 atom stereocenters. The summed E-state index contributed by atoms with van der Waals surface area (Å²) in [5.74, 6) is 0.494. The molecule has 7 nitrogen and oxygen atoms in total. The quantitative estimate of drug-likeness (QED) is 0.528. The summed E-state index contributed by atoms with van der Waals surface area (Å²) in [6.45, 7) is 2.02. The highest BCUT2D eigenvalue weighted by Crippen LogP contribution is 2.25. The molecule has 7 heteroatoms. The van der Waals surface area contributed by atoms with E-state index in [4.69, 9.17) is 18.6 Å². The topological polar surface area (TPSA) is 78.2 Å². The molecule has 30 heavy (non-hydrogen) atoms. The molecule has 1 aromatic heterocycles. The van der Waals surface area contributed by atoms with Crippen molar-refractivity contribution in [3.8, 4) is 11.5 Å². The largest absolute Gasteiger partial charge is 0.497 e. The molecule has 2 aromatic carbocycles. The summed E-state index contributed by atoms with van der Waals surface area (Å²) in [5, 5.41) is 0.884. The van der Waals surface area contributed by atoms with Crippen molar-refractivity contribution in [2.45, 2.75) is 19.9 Å². The summed E-state index contributed by atoms with van der Waals surface area (Å²) in [6, 6.07) is 11.2. The molecular formula is C23H25NO6. The lowest BCUT2D eigenvalue weighted by atomic mass is 10.1. The first-order chi connectivity index (χ1) is 14.4. The van der Waals surface area contributed by atoms with Crippen LogP contribution in [0.15, 0.2) is 47.1 Å². The van der Waals surface area contributed by atoms with Crippen molar-refractivity contribution in [3.63, 3.8) is 0 Å². The summed E-state index contributed by atoms with van der Waals surface area (Å²) in [6.07, 6.45) is 1.70. The number of hydrogen-bond acceptors (Lipinski definition) is 6. The number of furan rings is 1. The van der Waals surface area contributed by atoms with Crippen molar-refractivity contribution in [1.82, 2.24) is 4.90 Å². The summed E-state index contributed by atoms with van der Waals surface area (Å²) < 4.78 is 21.0. The molecule has 0 fully saturated rings. The number of esters is 1. The Hall–Kier alpha value is -3.48. The van der Waals surface area contributed by atoms with Gasteiger partial charge >= 0.3 is 5.97 Å². The van der Waals surface area contributed by atoms with E-state index in [1.165, 1.54) is 12.0 Å². The third-order valence-corrected chi connectivity index (χ3v) is 4.84. The molecule has 0 N–H and O–H groups in total. The lowest BCUT2D eigenvalue weighted by Crippen LogP contribution is -2.36. The number of amides is 1. The molecule has 0 saturated heterocycles. The Morgan fingerprint density at radius 1 is 1.00 bits per heavy atom. The van der Waals surface area contributed by atoms with Crippen LogP contribution in [0.4, 0.5) is 0 Å². The molecule has 0 spiro atoms. The molecule has 0 aliphatic carbocycles. The Labute approximate surface area is 175 Å². The number of rotatable bonds is 8. The van der Waals surface area contributed by atoms with Crippen LogP contribution in [0.3, 0.4) is 0 Å². The molecule has 0 radical (unpaired) electrons. The minimum Gasteiger partial charge on any atom is -0.497 e. The van der Waals surface area contributed by atoms with Crippen LogP contribution in [0.5, 0.6) is 11.5 Å². The first kappa shape index (κ1) is 21.2. The predicted octanol–water partition coefficient (Wildman–Crippen LogP) is 3.50. The Morgan fingerprint density at radius 3 is 2.33 bits per heavy atom. The molecule has 0 bridgehead atoms. The highest BCUT2D eigenvalue weighted by molar-refractivity contribution is 5.89. The van der Waals surface area contributed by atoms with Crippen LogP contribution in [0, 0.1) is 6.92 Å². The van der Waals surface area contributed by atoms with Gasteiger partial charge in [0.2, 0.25) is 5.91 Å². The van der Waals surface area contributed by atoms with Crippen LogP contribution in [0.2, 0.25) is 0 Å². The fraction of sp³-hybridized carbons (Fsp3) is 0.304. The Morgan fingerprint density at radius 2 is 1.70 bits per heavy atom. The van der Waals surface area contributed by atoms with Gasteiger partial charge in [-0.1, -0.05) is 12.1 Å². The fourth-order valence-electron chi connectivity index (χ4n) is 3.23. The van der Waals surface area contributed by atoms with Gasteiger partial charge in [0.05, 0.1) is 34.0 Å². The standard InChI is InChI=1S/C23H25NO6/c1-15-5-6-20-17(14-30-21(20)7-15)10-22(25)24(13-23(26)29-4)12-16-8-18(27-2)11-19(9-16)28-3/h5-9,11,14H,10,12-13H2,1-4H3.